The first-order valence-corrected chi connectivity index (χ1v) is 7.63. The van der Waals surface area contributed by atoms with Gasteiger partial charge in [0.1, 0.15) is 5.75 Å². The molecule has 0 fully saturated rings. The Hall–Kier alpha value is -1.32. The maximum absolute atomic E-state index is 10.3. The van der Waals surface area contributed by atoms with E-state index in [1.165, 1.54) is 0 Å². The zero-order valence-corrected chi connectivity index (χ0v) is 13.1. The van der Waals surface area contributed by atoms with E-state index in [9.17, 15) is 5.11 Å². The number of ether oxygens (including phenoxy) is 1. The second-order valence-corrected chi connectivity index (χ2v) is 5.68. The molecule has 0 aliphatic heterocycles. The van der Waals surface area contributed by atoms with Crippen LogP contribution in [-0.4, -0.2) is 11.7 Å². The van der Waals surface area contributed by atoms with Gasteiger partial charge < -0.3 is 9.84 Å². The lowest BCUT2D eigenvalue weighted by atomic mass is 10.0. The van der Waals surface area contributed by atoms with E-state index in [1.807, 2.05) is 48.5 Å². The number of aliphatic hydroxyl groups is 1. The van der Waals surface area contributed by atoms with Crippen molar-refractivity contribution in [1.29, 1.82) is 0 Å². The molecule has 0 heterocycles. The van der Waals surface area contributed by atoms with E-state index in [0.717, 1.165) is 34.4 Å². The minimum Gasteiger partial charge on any atom is -0.494 e. The van der Waals surface area contributed by atoms with Gasteiger partial charge in [0.15, 0.2) is 0 Å². The molecule has 1 atom stereocenters. The van der Waals surface area contributed by atoms with Crippen LogP contribution >= 0.6 is 15.9 Å². The molecule has 0 aromatic heterocycles. The number of rotatable bonds is 6. The molecule has 2 aromatic rings. The summed E-state index contributed by atoms with van der Waals surface area (Å²) in [6.45, 7) is 2.80. The van der Waals surface area contributed by atoms with Crippen LogP contribution in [0.1, 0.15) is 30.6 Å². The van der Waals surface area contributed by atoms with E-state index in [-0.39, 0.29) is 0 Å². The van der Waals surface area contributed by atoms with Gasteiger partial charge in [-0.2, -0.15) is 0 Å². The van der Waals surface area contributed by atoms with Gasteiger partial charge in [-0.05, 0) is 41.8 Å². The van der Waals surface area contributed by atoms with Crippen molar-refractivity contribution in [3.05, 3.63) is 64.1 Å². The fourth-order valence-electron chi connectivity index (χ4n) is 2.01. The first-order valence-electron chi connectivity index (χ1n) is 6.84. The molecule has 0 bridgehead atoms. The Balaban J connectivity index is 2.00. The molecule has 2 nitrogen and oxygen atoms in total. The van der Waals surface area contributed by atoms with Crippen molar-refractivity contribution in [3.8, 4) is 5.75 Å². The summed E-state index contributed by atoms with van der Waals surface area (Å²) < 4.78 is 6.57. The van der Waals surface area contributed by atoms with E-state index in [0.29, 0.717) is 6.42 Å². The van der Waals surface area contributed by atoms with Crippen molar-refractivity contribution in [2.24, 2.45) is 0 Å². The number of hydrogen-bond donors (Lipinski definition) is 1. The smallest absolute Gasteiger partial charge is 0.119 e. The molecule has 106 valence electrons. The average Bonchev–Trinajstić information content (AvgIpc) is 2.45. The Labute approximate surface area is 128 Å². The zero-order valence-electron chi connectivity index (χ0n) is 11.6. The molecule has 20 heavy (non-hydrogen) atoms. The second kappa shape index (κ2) is 7.46. The van der Waals surface area contributed by atoms with Crippen LogP contribution in [-0.2, 0) is 6.42 Å². The Morgan fingerprint density at radius 2 is 1.90 bits per heavy atom. The number of benzene rings is 2. The lowest BCUT2D eigenvalue weighted by Gasteiger charge is -2.12. The summed E-state index contributed by atoms with van der Waals surface area (Å²) in [5.74, 6) is 0.852. The van der Waals surface area contributed by atoms with Gasteiger partial charge >= 0.3 is 0 Å². The van der Waals surface area contributed by atoms with Gasteiger partial charge in [-0.25, -0.2) is 0 Å². The highest BCUT2D eigenvalue weighted by Gasteiger charge is 2.09. The van der Waals surface area contributed by atoms with Crippen LogP contribution in [0.5, 0.6) is 5.75 Å². The standard InChI is InChI=1S/C17H19BrO2/c1-2-10-20-16-8-6-14(7-9-16)17(19)12-13-4-3-5-15(18)11-13/h3-9,11,17,19H,2,10,12H2,1H3. The molecular formula is C17H19BrO2. The monoisotopic (exact) mass is 334 g/mol. The summed E-state index contributed by atoms with van der Waals surface area (Å²) in [4.78, 5) is 0. The lowest BCUT2D eigenvalue weighted by molar-refractivity contribution is 0.178. The molecule has 0 amide bonds. The Morgan fingerprint density at radius 3 is 2.55 bits per heavy atom. The maximum atomic E-state index is 10.3. The molecule has 0 radical (unpaired) electrons. The third kappa shape index (κ3) is 4.36. The van der Waals surface area contributed by atoms with Gasteiger partial charge in [0.2, 0.25) is 0 Å². The van der Waals surface area contributed by atoms with Crippen LogP contribution in [0.25, 0.3) is 0 Å². The average molecular weight is 335 g/mol. The zero-order chi connectivity index (χ0) is 14.4. The molecule has 3 heteroatoms. The summed E-state index contributed by atoms with van der Waals surface area (Å²) in [7, 11) is 0. The van der Waals surface area contributed by atoms with E-state index >= 15 is 0 Å². The lowest BCUT2D eigenvalue weighted by Crippen LogP contribution is -2.02. The van der Waals surface area contributed by atoms with Gasteiger partial charge in [0, 0.05) is 10.9 Å². The van der Waals surface area contributed by atoms with Crippen molar-refractivity contribution in [3.63, 3.8) is 0 Å². The minimum atomic E-state index is -0.496. The highest BCUT2D eigenvalue weighted by molar-refractivity contribution is 9.10. The highest BCUT2D eigenvalue weighted by atomic mass is 79.9. The van der Waals surface area contributed by atoms with E-state index in [4.69, 9.17) is 4.74 Å². The molecular weight excluding hydrogens is 316 g/mol. The maximum Gasteiger partial charge on any atom is 0.119 e. The third-order valence-corrected chi connectivity index (χ3v) is 3.55. The van der Waals surface area contributed by atoms with Crippen LogP contribution in [0.3, 0.4) is 0 Å². The molecule has 1 N–H and O–H groups in total. The first-order chi connectivity index (χ1) is 9.69. The van der Waals surface area contributed by atoms with Gasteiger partial charge in [0.25, 0.3) is 0 Å². The van der Waals surface area contributed by atoms with Crippen molar-refractivity contribution in [1.82, 2.24) is 0 Å². The van der Waals surface area contributed by atoms with Crippen molar-refractivity contribution >= 4 is 15.9 Å². The molecule has 2 aromatic carbocycles. The van der Waals surface area contributed by atoms with Gasteiger partial charge in [-0.15, -0.1) is 0 Å². The van der Waals surface area contributed by atoms with Gasteiger partial charge in [0.05, 0.1) is 12.7 Å². The van der Waals surface area contributed by atoms with Gasteiger partial charge in [-0.1, -0.05) is 47.1 Å². The van der Waals surface area contributed by atoms with Crippen LogP contribution in [0, 0.1) is 0 Å². The number of aliphatic hydroxyl groups excluding tert-OH is 1. The third-order valence-electron chi connectivity index (χ3n) is 3.06. The molecule has 2 rings (SSSR count). The minimum absolute atomic E-state index is 0.496. The SMILES string of the molecule is CCCOc1ccc(C(O)Cc2cccc(Br)c2)cc1. The van der Waals surface area contributed by atoms with Crippen LogP contribution in [0.15, 0.2) is 53.0 Å². The molecule has 1 unspecified atom stereocenters. The predicted molar refractivity (Wildman–Crippen MR) is 85.0 cm³/mol. The summed E-state index contributed by atoms with van der Waals surface area (Å²) in [5.41, 5.74) is 2.02. The Bertz CT molecular complexity index is 537. The highest BCUT2D eigenvalue weighted by Crippen LogP contribution is 2.22. The number of hydrogen-bond acceptors (Lipinski definition) is 2. The topological polar surface area (TPSA) is 29.5 Å². The van der Waals surface area contributed by atoms with Crippen molar-refractivity contribution in [2.45, 2.75) is 25.9 Å². The van der Waals surface area contributed by atoms with E-state index in [2.05, 4.69) is 22.9 Å². The fraction of sp³-hybridized carbons (Fsp3) is 0.294. The molecule has 0 saturated carbocycles. The van der Waals surface area contributed by atoms with E-state index in [1.54, 1.807) is 0 Å². The van der Waals surface area contributed by atoms with Crippen molar-refractivity contribution in [2.75, 3.05) is 6.61 Å². The summed E-state index contributed by atoms with van der Waals surface area (Å²) in [6.07, 6.45) is 1.10. The van der Waals surface area contributed by atoms with Gasteiger partial charge in [-0.3, -0.25) is 0 Å². The van der Waals surface area contributed by atoms with Crippen molar-refractivity contribution < 1.29 is 9.84 Å². The molecule has 0 aliphatic rings. The molecule has 0 aliphatic carbocycles. The fourth-order valence-corrected chi connectivity index (χ4v) is 2.46. The summed E-state index contributed by atoms with van der Waals surface area (Å²) >= 11 is 3.44. The van der Waals surface area contributed by atoms with Crippen LogP contribution in [0.4, 0.5) is 0 Å². The summed E-state index contributed by atoms with van der Waals surface area (Å²) in [6, 6.07) is 15.7. The summed E-state index contributed by atoms with van der Waals surface area (Å²) in [5, 5.41) is 10.3. The van der Waals surface area contributed by atoms with Crippen LogP contribution < -0.4 is 4.74 Å². The quantitative estimate of drug-likeness (QED) is 0.841. The molecule has 0 saturated heterocycles. The largest absolute Gasteiger partial charge is 0.494 e. The Morgan fingerprint density at radius 1 is 1.15 bits per heavy atom. The first kappa shape index (κ1) is 15.1. The number of halogens is 1. The van der Waals surface area contributed by atoms with E-state index < -0.39 is 6.10 Å². The predicted octanol–water partition coefficient (Wildman–Crippen LogP) is 4.51. The molecule has 0 spiro atoms. The second-order valence-electron chi connectivity index (χ2n) is 4.77. The Kier molecular flexibility index (Phi) is 5.62. The normalized spacial score (nSPS) is 12.2. The van der Waals surface area contributed by atoms with Crippen LogP contribution in [0.2, 0.25) is 0 Å².